The number of amides is 1. The molecule has 0 radical (unpaired) electrons. The third-order valence-electron chi connectivity index (χ3n) is 3.18. The number of carbonyl (C=O) groups excluding carboxylic acids is 1. The lowest BCUT2D eigenvalue weighted by Crippen LogP contribution is -2.35. The smallest absolute Gasteiger partial charge is 0.254 e. The molecule has 0 aliphatic rings. The summed E-state index contributed by atoms with van der Waals surface area (Å²) in [5, 5.41) is 1.90. The molecule has 0 saturated heterocycles. The summed E-state index contributed by atoms with van der Waals surface area (Å²) in [6.07, 6.45) is 1.10. The maximum atomic E-state index is 12.5. The van der Waals surface area contributed by atoms with Crippen LogP contribution in [0.3, 0.4) is 0 Å². The maximum absolute atomic E-state index is 12.5. The number of rotatable bonds is 5. The van der Waals surface area contributed by atoms with Crippen molar-refractivity contribution in [3.8, 4) is 0 Å². The van der Waals surface area contributed by atoms with Crippen molar-refractivity contribution in [1.82, 2.24) is 9.62 Å². The van der Waals surface area contributed by atoms with Crippen LogP contribution in [0, 0.1) is 0 Å². The Morgan fingerprint density at radius 2 is 1.81 bits per heavy atom. The highest BCUT2D eigenvalue weighted by atomic mass is 32.2. The SMILES string of the molecule is CN(CCNS(C)(=O)=O)C(=O)c1cccc2ccccc12. The van der Waals surface area contributed by atoms with Crippen molar-refractivity contribution < 1.29 is 13.2 Å². The first-order chi connectivity index (χ1) is 9.88. The van der Waals surface area contributed by atoms with Crippen molar-refractivity contribution in [3.63, 3.8) is 0 Å². The van der Waals surface area contributed by atoms with Gasteiger partial charge in [-0.25, -0.2) is 13.1 Å². The molecule has 0 saturated carbocycles. The first kappa shape index (κ1) is 15.5. The molecule has 0 heterocycles. The van der Waals surface area contributed by atoms with Gasteiger partial charge in [0, 0.05) is 25.7 Å². The molecule has 0 aliphatic heterocycles. The Bertz CT molecular complexity index is 751. The third-order valence-corrected chi connectivity index (χ3v) is 3.91. The van der Waals surface area contributed by atoms with E-state index in [4.69, 9.17) is 0 Å². The van der Waals surface area contributed by atoms with Gasteiger partial charge >= 0.3 is 0 Å². The van der Waals surface area contributed by atoms with Crippen molar-refractivity contribution in [2.24, 2.45) is 0 Å². The number of benzene rings is 2. The van der Waals surface area contributed by atoms with E-state index in [1.165, 1.54) is 4.90 Å². The van der Waals surface area contributed by atoms with Gasteiger partial charge in [-0.05, 0) is 16.8 Å². The lowest BCUT2D eigenvalue weighted by atomic mass is 10.0. The van der Waals surface area contributed by atoms with Crippen LogP contribution in [0.4, 0.5) is 0 Å². The van der Waals surface area contributed by atoms with E-state index in [-0.39, 0.29) is 12.5 Å². The molecule has 112 valence electrons. The Labute approximate surface area is 124 Å². The molecular weight excluding hydrogens is 288 g/mol. The summed E-state index contributed by atoms with van der Waals surface area (Å²) in [7, 11) is -1.57. The number of nitrogens with zero attached hydrogens (tertiary/aromatic N) is 1. The number of fused-ring (bicyclic) bond motifs is 1. The fourth-order valence-corrected chi connectivity index (χ4v) is 2.58. The molecule has 0 unspecified atom stereocenters. The van der Waals surface area contributed by atoms with Crippen LogP contribution in [-0.4, -0.2) is 45.6 Å². The lowest BCUT2D eigenvalue weighted by molar-refractivity contribution is 0.0799. The molecule has 0 bridgehead atoms. The average molecular weight is 306 g/mol. The summed E-state index contributed by atoms with van der Waals surface area (Å²) in [4.78, 5) is 14.0. The van der Waals surface area contributed by atoms with Crippen molar-refractivity contribution in [2.75, 3.05) is 26.4 Å². The Morgan fingerprint density at radius 3 is 2.52 bits per heavy atom. The second-order valence-corrected chi connectivity index (χ2v) is 6.75. The molecule has 2 aromatic rings. The molecule has 0 atom stereocenters. The summed E-state index contributed by atoms with van der Waals surface area (Å²) < 4.78 is 24.4. The van der Waals surface area contributed by atoms with Gasteiger partial charge in [-0.1, -0.05) is 36.4 Å². The van der Waals surface area contributed by atoms with Gasteiger partial charge in [-0.2, -0.15) is 0 Å². The highest BCUT2D eigenvalue weighted by Gasteiger charge is 2.14. The van der Waals surface area contributed by atoms with Crippen LogP contribution in [0.1, 0.15) is 10.4 Å². The fraction of sp³-hybridized carbons (Fsp3) is 0.267. The minimum absolute atomic E-state index is 0.123. The molecule has 21 heavy (non-hydrogen) atoms. The Kier molecular flexibility index (Phi) is 4.59. The molecule has 2 aromatic carbocycles. The van der Waals surface area contributed by atoms with E-state index in [0.29, 0.717) is 12.1 Å². The molecule has 0 spiro atoms. The van der Waals surface area contributed by atoms with Crippen molar-refractivity contribution in [3.05, 3.63) is 48.0 Å². The molecule has 0 aromatic heterocycles. The lowest BCUT2D eigenvalue weighted by Gasteiger charge is -2.18. The van der Waals surface area contributed by atoms with Gasteiger partial charge in [0.1, 0.15) is 0 Å². The van der Waals surface area contributed by atoms with E-state index in [0.717, 1.165) is 17.0 Å². The predicted octanol–water partition coefficient (Wildman–Crippen LogP) is 1.46. The van der Waals surface area contributed by atoms with E-state index in [9.17, 15) is 13.2 Å². The summed E-state index contributed by atoms with van der Waals surface area (Å²) in [6, 6.07) is 13.3. The first-order valence-electron chi connectivity index (χ1n) is 6.56. The maximum Gasteiger partial charge on any atom is 0.254 e. The minimum atomic E-state index is -3.23. The van der Waals surface area contributed by atoms with Gasteiger partial charge in [0.05, 0.1) is 6.26 Å². The highest BCUT2D eigenvalue weighted by molar-refractivity contribution is 7.88. The van der Waals surface area contributed by atoms with Gasteiger partial charge in [-0.15, -0.1) is 0 Å². The summed E-state index contributed by atoms with van der Waals surface area (Å²) in [6.45, 7) is 0.515. The molecular formula is C15H18N2O3S. The van der Waals surface area contributed by atoms with Gasteiger partial charge in [0.25, 0.3) is 5.91 Å². The van der Waals surface area contributed by atoms with E-state index in [1.807, 2.05) is 36.4 Å². The second-order valence-electron chi connectivity index (χ2n) is 4.92. The van der Waals surface area contributed by atoms with E-state index < -0.39 is 10.0 Å². The topological polar surface area (TPSA) is 66.5 Å². The largest absolute Gasteiger partial charge is 0.340 e. The number of carbonyl (C=O) groups is 1. The summed E-state index contributed by atoms with van der Waals surface area (Å²) in [5.41, 5.74) is 0.620. The molecule has 6 heteroatoms. The van der Waals surface area contributed by atoms with Crippen LogP contribution >= 0.6 is 0 Å². The summed E-state index contributed by atoms with van der Waals surface area (Å²) in [5.74, 6) is -0.123. The Balaban J connectivity index is 2.14. The second kappa shape index (κ2) is 6.24. The monoisotopic (exact) mass is 306 g/mol. The van der Waals surface area contributed by atoms with Crippen LogP contribution < -0.4 is 4.72 Å². The standard InChI is InChI=1S/C15H18N2O3S/c1-17(11-10-16-21(2,19)20)15(18)14-9-5-7-12-6-3-4-8-13(12)14/h3-9,16H,10-11H2,1-2H3. The number of hydrogen-bond donors (Lipinski definition) is 1. The zero-order chi connectivity index (χ0) is 15.5. The van der Waals surface area contributed by atoms with Crippen LogP contribution in [0.25, 0.3) is 10.8 Å². The quantitative estimate of drug-likeness (QED) is 0.909. The predicted molar refractivity (Wildman–Crippen MR) is 83.8 cm³/mol. The van der Waals surface area contributed by atoms with E-state index in [2.05, 4.69) is 4.72 Å². The van der Waals surface area contributed by atoms with Crippen molar-refractivity contribution in [1.29, 1.82) is 0 Å². The number of likely N-dealkylation sites (N-methyl/N-ethyl adjacent to an activating group) is 1. The van der Waals surface area contributed by atoms with Gasteiger partial charge in [0.2, 0.25) is 10.0 Å². The Morgan fingerprint density at radius 1 is 1.14 bits per heavy atom. The van der Waals surface area contributed by atoms with Crippen molar-refractivity contribution in [2.45, 2.75) is 0 Å². The van der Waals surface area contributed by atoms with E-state index >= 15 is 0 Å². The zero-order valence-electron chi connectivity index (χ0n) is 12.0. The highest BCUT2D eigenvalue weighted by Crippen LogP contribution is 2.19. The minimum Gasteiger partial charge on any atom is -0.340 e. The average Bonchev–Trinajstić information content (AvgIpc) is 2.44. The van der Waals surface area contributed by atoms with Crippen LogP contribution in [0.5, 0.6) is 0 Å². The van der Waals surface area contributed by atoms with Gasteiger partial charge in [-0.3, -0.25) is 4.79 Å². The molecule has 0 aliphatic carbocycles. The van der Waals surface area contributed by atoms with Crippen LogP contribution in [-0.2, 0) is 10.0 Å². The van der Waals surface area contributed by atoms with Gasteiger partial charge < -0.3 is 4.90 Å². The summed E-state index contributed by atoms with van der Waals surface area (Å²) >= 11 is 0. The number of hydrogen-bond acceptors (Lipinski definition) is 3. The first-order valence-corrected chi connectivity index (χ1v) is 8.45. The zero-order valence-corrected chi connectivity index (χ0v) is 12.9. The molecule has 1 amide bonds. The Hall–Kier alpha value is -1.92. The van der Waals surface area contributed by atoms with E-state index in [1.54, 1.807) is 13.1 Å². The molecule has 0 fully saturated rings. The molecule has 1 N–H and O–H groups in total. The third kappa shape index (κ3) is 4.03. The molecule has 5 nitrogen and oxygen atoms in total. The molecule has 2 rings (SSSR count). The number of nitrogens with one attached hydrogen (secondary N) is 1. The fourth-order valence-electron chi connectivity index (χ4n) is 2.12. The number of sulfonamides is 1. The van der Waals surface area contributed by atoms with Crippen LogP contribution in [0.2, 0.25) is 0 Å². The van der Waals surface area contributed by atoms with Gasteiger partial charge in [0.15, 0.2) is 0 Å². The van der Waals surface area contributed by atoms with Crippen LogP contribution in [0.15, 0.2) is 42.5 Å². The normalized spacial score (nSPS) is 11.5. The van der Waals surface area contributed by atoms with Crippen molar-refractivity contribution >= 4 is 26.7 Å².